The van der Waals surface area contributed by atoms with Gasteiger partial charge in [0.15, 0.2) is 5.43 Å². The molecule has 0 bridgehead atoms. The van der Waals surface area contributed by atoms with E-state index in [0.717, 1.165) is 10.5 Å². The number of imide groups is 1. The van der Waals surface area contributed by atoms with Gasteiger partial charge in [0.05, 0.1) is 15.9 Å². The fraction of sp³-hybridized carbons (Fsp3) is 0.0909. The van der Waals surface area contributed by atoms with Gasteiger partial charge < -0.3 is 9.73 Å². The number of nitrogens with one attached hydrogen (secondary N) is 1. The highest BCUT2D eigenvalue weighted by Crippen LogP contribution is 2.32. The molecule has 3 aromatic rings. The van der Waals surface area contributed by atoms with Gasteiger partial charge in [-0.1, -0.05) is 29.8 Å². The molecule has 2 aromatic carbocycles. The Morgan fingerprint density at radius 1 is 1.10 bits per heavy atom. The zero-order valence-electron chi connectivity index (χ0n) is 15.9. The van der Waals surface area contributed by atoms with Crippen LogP contribution in [0.25, 0.3) is 17.0 Å². The van der Waals surface area contributed by atoms with Crippen molar-refractivity contribution in [1.29, 1.82) is 0 Å². The van der Waals surface area contributed by atoms with Crippen LogP contribution >= 0.6 is 11.8 Å². The van der Waals surface area contributed by atoms with Crippen molar-refractivity contribution in [3.63, 3.8) is 0 Å². The topological polar surface area (TPSA) is 96.7 Å². The highest BCUT2D eigenvalue weighted by atomic mass is 32.2. The number of nitrogens with zero attached hydrogens (tertiary/aromatic N) is 1. The maximum Gasteiger partial charge on any atom is 0.294 e. The van der Waals surface area contributed by atoms with Crippen LogP contribution in [0.1, 0.15) is 11.1 Å². The van der Waals surface area contributed by atoms with Crippen molar-refractivity contribution in [2.24, 2.45) is 0 Å². The quantitative estimate of drug-likeness (QED) is 0.646. The van der Waals surface area contributed by atoms with Gasteiger partial charge in [0.2, 0.25) is 5.91 Å². The molecule has 1 saturated heterocycles. The first-order valence-corrected chi connectivity index (χ1v) is 9.86. The van der Waals surface area contributed by atoms with E-state index in [-0.39, 0.29) is 15.9 Å². The number of fused-ring (bicyclic) bond motifs is 1. The smallest absolute Gasteiger partial charge is 0.294 e. The SMILES string of the molecule is Cc1ccc(NC(=O)CN2C(=O)S/C(=C\c3coc4ccccc4c3=O)C2=O)cc1. The number of para-hydroxylation sites is 1. The summed E-state index contributed by atoms with van der Waals surface area (Å²) in [7, 11) is 0. The van der Waals surface area contributed by atoms with Gasteiger partial charge in [0.25, 0.3) is 11.1 Å². The minimum atomic E-state index is -0.628. The molecule has 0 unspecified atom stereocenters. The van der Waals surface area contributed by atoms with Gasteiger partial charge in [-0.2, -0.15) is 0 Å². The fourth-order valence-corrected chi connectivity index (χ4v) is 3.78. The van der Waals surface area contributed by atoms with Crippen LogP contribution < -0.4 is 10.7 Å². The molecule has 0 saturated carbocycles. The third-order valence-electron chi connectivity index (χ3n) is 4.50. The van der Waals surface area contributed by atoms with E-state index in [1.165, 1.54) is 12.3 Å². The normalized spacial score (nSPS) is 15.2. The molecule has 150 valence electrons. The lowest BCUT2D eigenvalue weighted by atomic mass is 10.1. The van der Waals surface area contributed by atoms with Crippen LogP contribution in [0.3, 0.4) is 0 Å². The third-order valence-corrected chi connectivity index (χ3v) is 5.41. The van der Waals surface area contributed by atoms with Crippen LogP contribution in [0, 0.1) is 6.92 Å². The fourth-order valence-electron chi connectivity index (χ4n) is 2.95. The Bertz CT molecular complexity index is 1260. The summed E-state index contributed by atoms with van der Waals surface area (Å²) in [6.07, 6.45) is 2.57. The van der Waals surface area contributed by atoms with Gasteiger partial charge in [0, 0.05) is 5.69 Å². The number of carbonyl (C=O) groups is 3. The second-order valence-electron chi connectivity index (χ2n) is 6.70. The summed E-state index contributed by atoms with van der Waals surface area (Å²) in [5.41, 5.74) is 1.90. The van der Waals surface area contributed by atoms with Gasteiger partial charge in [-0.3, -0.25) is 24.1 Å². The van der Waals surface area contributed by atoms with Crippen LogP contribution in [-0.4, -0.2) is 28.5 Å². The molecule has 2 heterocycles. The zero-order chi connectivity index (χ0) is 21.3. The number of hydrogen-bond acceptors (Lipinski definition) is 6. The average molecular weight is 420 g/mol. The molecule has 1 aromatic heterocycles. The molecule has 0 atom stereocenters. The molecular formula is C22H16N2O5S. The molecule has 7 nitrogen and oxygen atoms in total. The monoisotopic (exact) mass is 420 g/mol. The molecule has 0 aliphatic carbocycles. The molecule has 1 aliphatic heterocycles. The van der Waals surface area contributed by atoms with Crippen molar-refractivity contribution < 1.29 is 18.8 Å². The molecule has 8 heteroatoms. The average Bonchev–Trinajstić information content (AvgIpc) is 2.99. The molecule has 1 aliphatic rings. The number of aryl methyl sites for hydroxylation is 1. The molecule has 30 heavy (non-hydrogen) atoms. The summed E-state index contributed by atoms with van der Waals surface area (Å²) in [6, 6.07) is 13.9. The summed E-state index contributed by atoms with van der Waals surface area (Å²) in [6.45, 7) is 1.51. The van der Waals surface area contributed by atoms with Crippen molar-refractivity contribution in [2.45, 2.75) is 6.92 Å². The third kappa shape index (κ3) is 3.90. The first-order chi connectivity index (χ1) is 14.4. The number of anilines is 1. The van der Waals surface area contributed by atoms with E-state index in [9.17, 15) is 19.2 Å². The van der Waals surface area contributed by atoms with E-state index < -0.39 is 23.6 Å². The van der Waals surface area contributed by atoms with E-state index in [0.29, 0.717) is 28.4 Å². The summed E-state index contributed by atoms with van der Waals surface area (Å²) in [4.78, 5) is 50.7. The number of thioether (sulfide) groups is 1. The highest BCUT2D eigenvalue weighted by Gasteiger charge is 2.36. The Kier molecular flexibility index (Phi) is 5.24. The highest BCUT2D eigenvalue weighted by molar-refractivity contribution is 8.18. The van der Waals surface area contributed by atoms with Crippen molar-refractivity contribution in [1.82, 2.24) is 4.90 Å². The Morgan fingerprint density at radius 3 is 2.60 bits per heavy atom. The standard InChI is InChI=1S/C22H16N2O5S/c1-13-6-8-15(9-7-13)23-19(25)11-24-21(27)18(30-22(24)28)10-14-12-29-17-5-3-2-4-16(17)20(14)26/h2-10,12H,11H2,1H3,(H,23,25)/b18-10-. The Labute approximate surface area is 175 Å². The van der Waals surface area contributed by atoms with Crippen LogP contribution in [0.2, 0.25) is 0 Å². The Morgan fingerprint density at radius 2 is 1.83 bits per heavy atom. The lowest BCUT2D eigenvalue weighted by Crippen LogP contribution is -2.36. The lowest BCUT2D eigenvalue weighted by molar-refractivity contribution is -0.127. The molecule has 1 fully saturated rings. The number of hydrogen-bond donors (Lipinski definition) is 1. The van der Waals surface area contributed by atoms with Crippen LogP contribution in [0.5, 0.6) is 0 Å². The summed E-state index contributed by atoms with van der Waals surface area (Å²) in [5, 5.41) is 2.46. The van der Waals surface area contributed by atoms with Crippen molar-refractivity contribution in [3.05, 3.63) is 81.0 Å². The molecular weight excluding hydrogens is 404 g/mol. The first-order valence-electron chi connectivity index (χ1n) is 9.05. The van der Waals surface area contributed by atoms with E-state index in [4.69, 9.17) is 4.42 Å². The van der Waals surface area contributed by atoms with Crippen molar-refractivity contribution in [3.8, 4) is 0 Å². The molecule has 4 rings (SSSR count). The molecule has 0 radical (unpaired) electrons. The predicted octanol–water partition coefficient (Wildman–Crippen LogP) is 3.78. The van der Waals surface area contributed by atoms with Crippen LogP contribution in [0.15, 0.2) is 68.9 Å². The van der Waals surface area contributed by atoms with Gasteiger partial charge >= 0.3 is 0 Å². The molecule has 0 spiro atoms. The van der Waals surface area contributed by atoms with Gasteiger partial charge in [-0.05, 0) is 49.0 Å². The van der Waals surface area contributed by atoms with Crippen LogP contribution in [-0.2, 0) is 9.59 Å². The van der Waals surface area contributed by atoms with E-state index in [2.05, 4.69) is 5.32 Å². The van der Waals surface area contributed by atoms with Crippen LogP contribution in [0.4, 0.5) is 10.5 Å². The zero-order valence-corrected chi connectivity index (χ0v) is 16.7. The van der Waals surface area contributed by atoms with Crippen molar-refractivity contribution >= 4 is 51.5 Å². The van der Waals surface area contributed by atoms with Crippen molar-refractivity contribution in [2.75, 3.05) is 11.9 Å². The summed E-state index contributed by atoms with van der Waals surface area (Å²) >= 11 is 0.679. The largest absolute Gasteiger partial charge is 0.463 e. The van der Waals surface area contributed by atoms with E-state index >= 15 is 0 Å². The second kappa shape index (κ2) is 8.00. The Hall–Kier alpha value is -3.65. The molecule has 3 amide bonds. The first kappa shape index (κ1) is 19.7. The maximum atomic E-state index is 12.6. The minimum absolute atomic E-state index is 0.0608. The molecule has 1 N–H and O–H groups in total. The number of rotatable bonds is 4. The predicted molar refractivity (Wildman–Crippen MR) is 115 cm³/mol. The second-order valence-corrected chi connectivity index (χ2v) is 7.69. The van der Waals surface area contributed by atoms with E-state index in [1.807, 2.05) is 19.1 Å². The minimum Gasteiger partial charge on any atom is -0.463 e. The Balaban J connectivity index is 1.52. The van der Waals surface area contributed by atoms with Gasteiger partial charge in [-0.25, -0.2) is 0 Å². The van der Waals surface area contributed by atoms with Gasteiger partial charge in [-0.15, -0.1) is 0 Å². The number of amides is 3. The lowest BCUT2D eigenvalue weighted by Gasteiger charge is -2.12. The van der Waals surface area contributed by atoms with E-state index in [1.54, 1.807) is 36.4 Å². The number of benzene rings is 2. The maximum absolute atomic E-state index is 12.6. The number of carbonyl (C=O) groups excluding carboxylic acids is 3. The van der Waals surface area contributed by atoms with Gasteiger partial charge in [0.1, 0.15) is 18.4 Å². The summed E-state index contributed by atoms with van der Waals surface area (Å²) < 4.78 is 5.43. The summed E-state index contributed by atoms with van der Waals surface area (Å²) in [5.74, 6) is -1.12.